The summed E-state index contributed by atoms with van der Waals surface area (Å²) in [6.45, 7) is 3.96. The standard InChI is InChI=1S/C16H24ClN3O3/c1-11(10-22-2)18-16(21)19-13-6-7-20(9-13)14-8-12(17)4-5-15(14)23-3/h4-5,8,11,13H,6-7,9-10H2,1-3H3,(H2,18,19,21)/t11-,13+/m1/s1. The number of nitrogens with zero attached hydrogens (tertiary/aromatic N) is 1. The quantitative estimate of drug-likeness (QED) is 0.833. The third-order valence-corrected chi connectivity index (χ3v) is 4.03. The minimum atomic E-state index is -0.167. The normalized spacial score (nSPS) is 18.6. The summed E-state index contributed by atoms with van der Waals surface area (Å²) in [5.41, 5.74) is 0.956. The molecule has 6 nitrogen and oxygen atoms in total. The first kappa shape index (κ1) is 17.7. The van der Waals surface area contributed by atoms with Gasteiger partial charge in [-0.25, -0.2) is 4.79 Å². The zero-order valence-electron chi connectivity index (χ0n) is 13.8. The Hall–Kier alpha value is -1.66. The molecule has 0 unspecified atom stereocenters. The SMILES string of the molecule is COC[C@@H](C)NC(=O)N[C@H]1CCN(c2cc(Cl)ccc2OC)C1. The summed E-state index contributed by atoms with van der Waals surface area (Å²) in [7, 11) is 3.26. The lowest BCUT2D eigenvalue weighted by atomic mass is 10.2. The average Bonchev–Trinajstić information content (AvgIpc) is 2.95. The van der Waals surface area contributed by atoms with Crippen LogP contribution < -0.4 is 20.3 Å². The van der Waals surface area contributed by atoms with Gasteiger partial charge < -0.3 is 25.0 Å². The number of anilines is 1. The molecule has 2 amide bonds. The zero-order valence-corrected chi connectivity index (χ0v) is 14.5. The minimum absolute atomic E-state index is 0.0227. The molecule has 1 aromatic rings. The lowest BCUT2D eigenvalue weighted by Gasteiger charge is -2.22. The average molecular weight is 342 g/mol. The first-order chi connectivity index (χ1) is 11.0. The Bertz CT molecular complexity index is 541. The van der Waals surface area contributed by atoms with Crippen LogP contribution >= 0.6 is 11.6 Å². The van der Waals surface area contributed by atoms with Crippen LogP contribution in [-0.2, 0) is 4.74 Å². The van der Waals surface area contributed by atoms with E-state index in [9.17, 15) is 4.79 Å². The number of halogens is 1. The van der Waals surface area contributed by atoms with E-state index in [0.29, 0.717) is 11.6 Å². The molecule has 0 saturated carbocycles. The number of rotatable bonds is 6. The molecule has 0 radical (unpaired) electrons. The van der Waals surface area contributed by atoms with Crippen LogP contribution in [0.25, 0.3) is 0 Å². The van der Waals surface area contributed by atoms with Crippen LogP contribution in [0.3, 0.4) is 0 Å². The second-order valence-corrected chi connectivity index (χ2v) is 6.16. The monoisotopic (exact) mass is 341 g/mol. The highest BCUT2D eigenvalue weighted by atomic mass is 35.5. The Morgan fingerprint density at radius 3 is 2.96 bits per heavy atom. The van der Waals surface area contributed by atoms with Crippen LogP contribution in [0.15, 0.2) is 18.2 Å². The van der Waals surface area contributed by atoms with Gasteiger partial charge in [0.2, 0.25) is 0 Å². The molecule has 128 valence electrons. The number of hydrogen-bond acceptors (Lipinski definition) is 4. The van der Waals surface area contributed by atoms with Crippen molar-refractivity contribution in [3.05, 3.63) is 23.2 Å². The molecule has 7 heteroatoms. The van der Waals surface area contributed by atoms with E-state index < -0.39 is 0 Å². The Morgan fingerprint density at radius 2 is 2.26 bits per heavy atom. The van der Waals surface area contributed by atoms with E-state index >= 15 is 0 Å². The van der Waals surface area contributed by atoms with Gasteiger partial charge in [0.05, 0.1) is 25.4 Å². The van der Waals surface area contributed by atoms with Gasteiger partial charge in [0.15, 0.2) is 0 Å². The van der Waals surface area contributed by atoms with Crippen LogP contribution in [0.2, 0.25) is 5.02 Å². The summed E-state index contributed by atoms with van der Waals surface area (Å²) < 4.78 is 10.4. The molecule has 23 heavy (non-hydrogen) atoms. The first-order valence-electron chi connectivity index (χ1n) is 7.68. The summed E-state index contributed by atoms with van der Waals surface area (Å²) in [5, 5.41) is 6.52. The van der Waals surface area contributed by atoms with E-state index in [1.54, 1.807) is 20.3 Å². The maximum absolute atomic E-state index is 12.0. The number of methoxy groups -OCH3 is 2. The predicted octanol–water partition coefficient (Wildman–Crippen LogP) is 2.26. The molecule has 0 aromatic heterocycles. The van der Waals surface area contributed by atoms with Crippen molar-refractivity contribution in [3.63, 3.8) is 0 Å². The molecule has 0 spiro atoms. The lowest BCUT2D eigenvalue weighted by Crippen LogP contribution is -2.47. The van der Waals surface area contributed by atoms with Crippen molar-refractivity contribution in [3.8, 4) is 5.75 Å². The highest BCUT2D eigenvalue weighted by molar-refractivity contribution is 6.30. The Labute approximate surface area is 142 Å². The maximum Gasteiger partial charge on any atom is 0.315 e. The van der Waals surface area contributed by atoms with Crippen molar-refractivity contribution in [1.82, 2.24) is 10.6 Å². The van der Waals surface area contributed by atoms with E-state index in [0.717, 1.165) is 30.9 Å². The summed E-state index contributed by atoms with van der Waals surface area (Å²) in [5.74, 6) is 0.785. The van der Waals surface area contributed by atoms with Crippen molar-refractivity contribution in [2.45, 2.75) is 25.4 Å². The molecule has 0 aliphatic carbocycles. The first-order valence-corrected chi connectivity index (χ1v) is 8.05. The maximum atomic E-state index is 12.0. The number of urea groups is 1. The van der Waals surface area contributed by atoms with Gasteiger partial charge in [-0.2, -0.15) is 0 Å². The number of carbonyl (C=O) groups is 1. The van der Waals surface area contributed by atoms with E-state index in [4.69, 9.17) is 21.1 Å². The third-order valence-electron chi connectivity index (χ3n) is 3.80. The topological polar surface area (TPSA) is 62.8 Å². The molecule has 2 N–H and O–H groups in total. The highest BCUT2D eigenvalue weighted by Crippen LogP contribution is 2.33. The Balaban J connectivity index is 1.91. The van der Waals surface area contributed by atoms with Gasteiger partial charge in [-0.1, -0.05) is 11.6 Å². The number of ether oxygens (including phenoxy) is 2. The summed E-state index contributed by atoms with van der Waals surface area (Å²) in [6.07, 6.45) is 0.877. The van der Waals surface area contributed by atoms with E-state index in [1.165, 1.54) is 0 Å². The molecular formula is C16H24ClN3O3. The van der Waals surface area contributed by atoms with Gasteiger partial charge in [-0.15, -0.1) is 0 Å². The minimum Gasteiger partial charge on any atom is -0.495 e. The Morgan fingerprint density at radius 1 is 1.48 bits per heavy atom. The summed E-state index contributed by atoms with van der Waals surface area (Å²) >= 11 is 6.09. The molecule has 1 saturated heterocycles. The van der Waals surface area contributed by atoms with Crippen LogP contribution in [0.1, 0.15) is 13.3 Å². The molecule has 1 heterocycles. The van der Waals surface area contributed by atoms with Crippen molar-refractivity contribution in [2.75, 3.05) is 38.8 Å². The Kier molecular flexibility index (Phi) is 6.36. The van der Waals surface area contributed by atoms with E-state index in [1.807, 2.05) is 19.1 Å². The summed E-state index contributed by atoms with van der Waals surface area (Å²) in [4.78, 5) is 14.1. The second kappa shape index (κ2) is 8.26. The third kappa shape index (κ3) is 4.91. The van der Waals surface area contributed by atoms with Crippen LogP contribution in [0, 0.1) is 0 Å². The van der Waals surface area contributed by atoms with Crippen molar-refractivity contribution in [1.29, 1.82) is 0 Å². The fraction of sp³-hybridized carbons (Fsp3) is 0.562. The molecule has 1 aromatic carbocycles. The van der Waals surface area contributed by atoms with Gasteiger partial charge in [0.1, 0.15) is 5.75 Å². The van der Waals surface area contributed by atoms with Gasteiger partial charge in [0, 0.05) is 31.3 Å². The predicted molar refractivity (Wildman–Crippen MR) is 91.6 cm³/mol. The van der Waals surface area contributed by atoms with Gasteiger partial charge in [0.25, 0.3) is 0 Å². The fourth-order valence-electron chi connectivity index (χ4n) is 2.75. The number of amides is 2. The molecule has 1 fully saturated rings. The number of carbonyl (C=O) groups excluding carboxylic acids is 1. The molecule has 2 rings (SSSR count). The molecule has 0 bridgehead atoms. The van der Waals surface area contributed by atoms with E-state index in [-0.39, 0.29) is 18.1 Å². The molecule has 1 aliphatic heterocycles. The largest absolute Gasteiger partial charge is 0.495 e. The van der Waals surface area contributed by atoms with Crippen LogP contribution in [0.5, 0.6) is 5.75 Å². The smallest absolute Gasteiger partial charge is 0.315 e. The van der Waals surface area contributed by atoms with Gasteiger partial charge in [-0.3, -0.25) is 0 Å². The number of benzene rings is 1. The number of hydrogen-bond donors (Lipinski definition) is 2. The van der Waals surface area contributed by atoms with Crippen molar-refractivity contribution in [2.24, 2.45) is 0 Å². The molecule has 2 atom stereocenters. The second-order valence-electron chi connectivity index (χ2n) is 5.72. The van der Waals surface area contributed by atoms with Crippen LogP contribution in [-0.4, -0.2) is 52.0 Å². The van der Waals surface area contributed by atoms with Crippen LogP contribution in [0.4, 0.5) is 10.5 Å². The van der Waals surface area contributed by atoms with E-state index in [2.05, 4.69) is 15.5 Å². The van der Waals surface area contributed by atoms with Gasteiger partial charge >= 0.3 is 6.03 Å². The molecule has 1 aliphatic rings. The van der Waals surface area contributed by atoms with Gasteiger partial charge in [-0.05, 0) is 31.5 Å². The lowest BCUT2D eigenvalue weighted by molar-refractivity contribution is 0.170. The zero-order chi connectivity index (χ0) is 16.8. The van der Waals surface area contributed by atoms with Crippen molar-refractivity contribution >= 4 is 23.3 Å². The molecular weight excluding hydrogens is 318 g/mol. The number of nitrogens with one attached hydrogen (secondary N) is 2. The fourth-order valence-corrected chi connectivity index (χ4v) is 2.92. The highest BCUT2D eigenvalue weighted by Gasteiger charge is 2.26. The van der Waals surface area contributed by atoms with Crippen molar-refractivity contribution < 1.29 is 14.3 Å². The summed E-state index contributed by atoms with van der Waals surface area (Å²) in [6, 6.07) is 5.46.